The fraction of sp³-hybridized carbons (Fsp3) is 0.130. The zero-order chi connectivity index (χ0) is 21.1. The molecule has 0 saturated heterocycles. The first-order valence-electron chi connectivity index (χ1n) is 9.28. The van der Waals surface area contributed by atoms with Crippen LogP contribution in [0.1, 0.15) is 10.4 Å². The first-order chi connectivity index (χ1) is 14.6. The fourth-order valence-electron chi connectivity index (χ4n) is 3.19. The molecule has 0 aliphatic carbocycles. The van der Waals surface area contributed by atoms with Gasteiger partial charge in [-0.05, 0) is 35.4 Å². The van der Waals surface area contributed by atoms with Crippen LogP contribution in [0.2, 0.25) is 10.0 Å². The van der Waals surface area contributed by atoms with Gasteiger partial charge >= 0.3 is 0 Å². The largest absolute Gasteiger partial charge is 0.383 e. The van der Waals surface area contributed by atoms with Crippen molar-refractivity contribution in [3.63, 3.8) is 0 Å². The average molecular weight is 457 g/mol. The lowest BCUT2D eigenvalue weighted by Gasteiger charge is -2.06. The van der Waals surface area contributed by atoms with E-state index in [0.717, 1.165) is 21.3 Å². The normalized spacial score (nSPS) is 11.9. The van der Waals surface area contributed by atoms with Crippen LogP contribution < -0.4 is 4.80 Å². The molecule has 0 radical (unpaired) electrons. The summed E-state index contributed by atoms with van der Waals surface area (Å²) in [6.07, 6.45) is 0. The van der Waals surface area contributed by atoms with E-state index in [2.05, 4.69) is 4.99 Å². The van der Waals surface area contributed by atoms with Crippen LogP contribution in [0, 0.1) is 0 Å². The van der Waals surface area contributed by atoms with Crippen LogP contribution in [0.4, 0.5) is 0 Å². The Morgan fingerprint density at radius 2 is 1.73 bits per heavy atom. The van der Waals surface area contributed by atoms with Crippen LogP contribution in [0.25, 0.3) is 21.3 Å². The topological polar surface area (TPSA) is 43.6 Å². The Bertz CT molecular complexity index is 1260. The number of aromatic nitrogens is 1. The molecule has 0 unspecified atom stereocenters. The highest BCUT2D eigenvalue weighted by molar-refractivity contribution is 7.16. The maximum Gasteiger partial charge on any atom is 0.279 e. The van der Waals surface area contributed by atoms with Gasteiger partial charge in [-0.15, -0.1) is 0 Å². The number of hydrogen-bond donors (Lipinski definition) is 0. The molecule has 0 aliphatic rings. The highest BCUT2D eigenvalue weighted by Gasteiger charge is 2.13. The van der Waals surface area contributed by atoms with Crippen molar-refractivity contribution in [1.29, 1.82) is 0 Å². The van der Waals surface area contributed by atoms with E-state index in [1.165, 1.54) is 11.3 Å². The minimum absolute atomic E-state index is 0.311. The zero-order valence-electron chi connectivity index (χ0n) is 16.1. The number of benzene rings is 3. The number of carbonyl (C=O) groups excluding carboxylic acids is 1. The van der Waals surface area contributed by atoms with Crippen molar-refractivity contribution in [3.05, 3.63) is 87.1 Å². The minimum Gasteiger partial charge on any atom is -0.383 e. The third kappa shape index (κ3) is 4.35. The Morgan fingerprint density at radius 1 is 1.03 bits per heavy atom. The smallest absolute Gasteiger partial charge is 0.279 e. The molecule has 1 aromatic heterocycles. The van der Waals surface area contributed by atoms with Crippen molar-refractivity contribution in [2.75, 3.05) is 13.7 Å². The lowest BCUT2D eigenvalue weighted by Crippen LogP contribution is -2.19. The molecule has 3 aromatic carbocycles. The van der Waals surface area contributed by atoms with Crippen molar-refractivity contribution in [3.8, 4) is 11.1 Å². The highest BCUT2D eigenvalue weighted by atomic mass is 35.5. The summed E-state index contributed by atoms with van der Waals surface area (Å²) in [7, 11) is 1.63. The summed E-state index contributed by atoms with van der Waals surface area (Å²) >= 11 is 13.9. The number of nitrogens with zero attached hydrogens (tertiary/aromatic N) is 2. The Morgan fingerprint density at radius 3 is 2.43 bits per heavy atom. The van der Waals surface area contributed by atoms with Gasteiger partial charge in [-0.3, -0.25) is 4.79 Å². The van der Waals surface area contributed by atoms with Crippen molar-refractivity contribution in [2.45, 2.75) is 6.54 Å². The van der Waals surface area contributed by atoms with Crippen LogP contribution in [-0.2, 0) is 11.3 Å². The lowest BCUT2D eigenvalue weighted by atomic mass is 10.0. The van der Waals surface area contributed by atoms with Crippen molar-refractivity contribution in [2.24, 2.45) is 4.99 Å². The summed E-state index contributed by atoms with van der Waals surface area (Å²) in [6.45, 7) is 0.995. The first-order valence-corrected chi connectivity index (χ1v) is 10.9. The molecular weight excluding hydrogens is 439 g/mol. The summed E-state index contributed by atoms with van der Waals surface area (Å²) in [5.41, 5.74) is 3.47. The molecule has 0 atom stereocenters. The van der Waals surface area contributed by atoms with Crippen molar-refractivity contribution < 1.29 is 9.53 Å². The zero-order valence-corrected chi connectivity index (χ0v) is 18.5. The van der Waals surface area contributed by atoms with E-state index in [4.69, 9.17) is 27.9 Å². The van der Waals surface area contributed by atoms with Gasteiger partial charge in [-0.25, -0.2) is 0 Å². The Labute approximate surface area is 188 Å². The van der Waals surface area contributed by atoms with E-state index in [-0.39, 0.29) is 5.91 Å². The van der Waals surface area contributed by atoms with Gasteiger partial charge in [0.05, 0.1) is 21.8 Å². The molecule has 0 fully saturated rings. The molecule has 7 heteroatoms. The minimum atomic E-state index is -0.311. The maximum absolute atomic E-state index is 12.9. The fourth-order valence-corrected chi connectivity index (χ4v) is 5.03. The van der Waals surface area contributed by atoms with Crippen LogP contribution in [0.15, 0.2) is 71.7 Å². The van der Waals surface area contributed by atoms with Crippen LogP contribution >= 0.6 is 34.5 Å². The predicted octanol–water partition coefficient (Wildman–Crippen LogP) is 6.06. The first kappa shape index (κ1) is 20.8. The second-order valence-corrected chi connectivity index (χ2v) is 8.48. The Hall–Kier alpha value is -2.44. The number of ether oxygens (including phenoxy) is 1. The van der Waals surface area contributed by atoms with Gasteiger partial charge < -0.3 is 9.30 Å². The number of thiazole rings is 1. The quantitative estimate of drug-likeness (QED) is 0.366. The molecule has 0 bridgehead atoms. The van der Waals surface area contributed by atoms with E-state index >= 15 is 0 Å². The number of rotatable bonds is 5. The second-order valence-electron chi connectivity index (χ2n) is 6.62. The Kier molecular flexibility index (Phi) is 6.35. The van der Waals surface area contributed by atoms with E-state index in [1.54, 1.807) is 25.3 Å². The number of fused-ring (bicyclic) bond motifs is 1. The summed E-state index contributed by atoms with van der Waals surface area (Å²) in [5.74, 6) is -0.311. The number of carbonyl (C=O) groups is 1. The van der Waals surface area contributed by atoms with Gasteiger partial charge in [-0.1, -0.05) is 77.0 Å². The number of amides is 1. The molecule has 30 heavy (non-hydrogen) atoms. The van der Waals surface area contributed by atoms with Gasteiger partial charge in [0, 0.05) is 24.2 Å². The average Bonchev–Trinajstić information content (AvgIpc) is 3.09. The SMILES string of the molecule is COCCn1c(=NC(=O)c2ccc(-c3ccccc3)cc2)sc2cc(Cl)cc(Cl)c21. The number of hydrogen-bond acceptors (Lipinski definition) is 3. The summed E-state index contributed by atoms with van der Waals surface area (Å²) in [4.78, 5) is 17.8. The van der Waals surface area contributed by atoms with Gasteiger partial charge in [-0.2, -0.15) is 4.99 Å². The molecule has 4 aromatic rings. The van der Waals surface area contributed by atoms with E-state index in [9.17, 15) is 4.79 Å². The lowest BCUT2D eigenvalue weighted by molar-refractivity contribution is 0.0997. The van der Waals surface area contributed by atoms with Gasteiger partial charge in [0.2, 0.25) is 0 Å². The van der Waals surface area contributed by atoms with E-state index < -0.39 is 0 Å². The summed E-state index contributed by atoms with van der Waals surface area (Å²) in [5, 5.41) is 1.06. The third-order valence-corrected chi connectivity index (χ3v) is 6.18. The standard InChI is InChI=1S/C23H18Cl2N2O2S/c1-29-12-11-27-21-19(25)13-18(24)14-20(21)30-23(27)26-22(28)17-9-7-16(8-10-17)15-5-3-2-4-6-15/h2-10,13-14H,11-12H2,1H3. The summed E-state index contributed by atoms with van der Waals surface area (Å²) < 4.78 is 7.99. The van der Waals surface area contributed by atoms with Crippen LogP contribution in [-0.4, -0.2) is 24.2 Å². The van der Waals surface area contributed by atoms with Crippen molar-refractivity contribution in [1.82, 2.24) is 4.57 Å². The van der Waals surface area contributed by atoms with Gasteiger partial charge in [0.1, 0.15) is 0 Å². The van der Waals surface area contributed by atoms with E-state index in [0.29, 0.717) is 33.6 Å². The van der Waals surface area contributed by atoms with Gasteiger partial charge in [0.25, 0.3) is 5.91 Å². The summed E-state index contributed by atoms with van der Waals surface area (Å²) in [6, 6.07) is 21.0. The molecular formula is C23H18Cl2N2O2S. The molecule has 4 nitrogen and oxygen atoms in total. The molecule has 0 aliphatic heterocycles. The van der Waals surface area contributed by atoms with Crippen LogP contribution in [0.5, 0.6) is 0 Å². The molecule has 4 rings (SSSR count). The molecule has 0 spiro atoms. The van der Waals surface area contributed by atoms with Gasteiger partial charge in [0.15, 0.2) is 4.80 Å². The Balaban J connectivity index is 1.73. The molecule has 0 saturated carbocycles. The van der Waals surface area contributed by atoms with Crippen LogP contribution in [0.3, 0.4) is 0 Å². The maximum atomic E-state index is 12.9. The number of methoxy groups -OCH3 is 1. The molecule has 1 amide bonds. The molecule has 0 N–H and O–H groups in total. The monoisotopic (exact) mass is 456 g/mol. The third-order valence-electron chi connectivity index (χ3n) is 4.65. The molecule has 152 valence electrons. The second kappa shape index (κ2) is 9.14. The van der Waals surface area contributed by atoms with E-state index in [1.807, 2.05) is 53.1 Å². The molecule has 1 heterocycles. The predicted molar refractivity (Wildman–Crippen MR) is 123 cm³/mol. The number of halogens is 2. The highest BCUT2D eigenvalue weighted by Crippen LogP contribution is 2.29. The van der Waals surface area contributed by atoms with Crippen molar-refractivity contribution >= 4 is 50.7 Å².